The van der Waals surface area contributed by atoms with Gasteiger partial charge in [0.15, 0.2) is 0 Å². The molecule has 7 heteroatoms. The van der Waals surface area contributed by atoms with Crippen LogP contribution in [0.25, 0.3) is 0 Å². The Bertz CT molecular complexity index is 472. The van der Waals surface area contributed by atoms with Crippen LogP contribution in [0.15, 0.2) is 0 Å². The molecule has 1 heterocycles. The number of likely N-dealkylation sites (N-methyl/N-ethyl adjacent to an activating group) is 1. The van der Waals surface area contributed by atoms with Crippen molar-refractivity contribution in [2.24, 2.45) is 5.73 Å². The molecule has 100 valence electrons. The van der Waals surface area contributed by atoms with Gasteiger partial charge < -0.3 is 10.6 Å². The number of hydrogen-bond donors (Lipinski definition) is 1. The molecular formula is C11H17ClN4OS. The Hall–Kier alpha value is -1.14. The maximum Gasteiger partial charge on any atom is 0.244 e. The summed E-state index contributed by atoms with van der Waals surface area (Å²) in [7, 11) is 1.72. The molecule has 0 spiro atoms. The SMILES string of the molecule is Cc1nn(CC(=O)N(C)CCC(N)=S)c(C)c1Cl. The zero-order valence-corrected chi connectivity index (χ0v) is 12.3. The van der Waals surface area contributed by atoms with Crippen molar-refractivity contribution in [3.05, 3.63) is 16.4 Å². The summed E-state index contributed by atoms with van der Waals surface area (Å²) in [5.41, 5.74) is 6.93. The van der Waals surface area contributed by atoms with Gasteiger partial charge >= 0.3 is 0 Å². The molecule has 0 saturated heterocycles. The highest BCUT2D eigenvalue weighted by atomic mass is 35.5. The summed E-state index contributed by atoms with van der Waals surface area (Å²) >= 11 is 10.8. The average molecular weight is 289 g/mol. The van der Waals surface area contributed by atoms with Gasteiger partial charge in [0.25, 0.3) is 0 Å². The zero-order valence-electron chi connectivity index (χ0n) is 10.7. The Kier molecular flexibility index (Phi) is 5.10. The fourth-order valence-corrected chi connectivity index (χ4v) is 1.71. The van der Waals surface area contributed by atoms with Crippen LogP contribution in [0.3, 0.4) is 0 Å². The number of nitrogens with two attached hydrogens (primary N) is 1. The number of carbonyl (C=O) groups excluding carboxylic acids is 1. The van der Waals surface area contributed by atoms with Crippen molar-refractivity contribution in [3.8, 4) is 0 Å². The van der Waals surface area contributed by atoms with Gasteiger partial charge in [0.2, 0.25) is 5.91 Å². The lowest BCUT2D eigenvalue weighted by atomic mass is 10.3. The topological polar surface area (TPSA) is 64.2 Å². The van der Waals surface area contributed by atoms with Crippen LogP contribution in [0.4, 0.5) is 0 Å². The van der Waals surface area contributed by atoms with E-state index in [1.165, 1.54) is 0 Å². The van der Waals surface area contributed by atoms with Crippen LogP contribution in [0.1, 0.15) is 17.8 Å². The van der Waals surface area contributed by atoms with Gasteiger partial charge in [-0.15, -0.1) is 0 Å². The van der Waals surface area contributed by atoms with Crippen LogP contribution in [0.2, 0.25) is 5.02 Å². The molecule has 0 fully saturated rings. The normalized spacial score (nSPS) is 10.4. The number of thiocarbonyl (C=S) groups is 1. The fourth-order valence-electron chi connectivity index (χ4n) is 1.48. The van der Waals surface area contributed by atoms with Crippen molar-refractivity contribution < 1.29 is 4.79 Å². The second kappa shape index (κ2) is 6.15. The smallest absolute Gasteiger partial charge is 0.244 e. The van der Waals surface area contributed by atoms with E-state index in [-0.39, 0.29) is 12.5 Å². The molecule has 0 bridgehead atoms. The van der Waals surface area contributed by atoms with Crippen molar-refractivity contribution in [2.75, 3.05) is 13.6 Å². The number of halogens is 1. The Morgan fingerprint density at radius 3 is 2.61 bits per heavy atom. The third-order valence-electron chi connectivity index (χ3n) is 2.70. The molecule has 0 atom stereocenters. The molecule has 5 nitrogen and oxygen atoms in total. The number of rotatable bonds is 5. The Morgan fingerprint density at radius 1 is 1.56 bits per heavy atom. The molecule has 0 saturated carbocycles. The van der Waals surface area contributed by atoms with Crippen LogP contribution < -0.4 is 5.73 Å². The summed E-state index contributed by atoms with van der Waals surface area (Å²) in [5, 5.41) is 4.82. The number of nitrogens with zero attached hydrogens (tertiary/aromatic N) is 3. The van der Waals surface area contributed by atoms with Gasteiger partial charge in [0.05, 0.1) is 21.4 Å². The molecular weight excluding hydrogens is 272 g/mol. The third-order valence-corrected chi connectivity index (χ3v) is 3.45. The van der Waals surface area contributed by atoms with E-state index in [0.29, 0.717) is 23.0 Å². The van der Waals surface area contributed by atoms with Gasteiger partial charge in [0, 0.05) is 20.0 Å². The molecule has 1 amide bonds. The lowest BCUT2D eigenvalue weighted by molar-refractivity contribution is -0.130. The van der Waals surface area contributed by atoms with E-state index in [2.05, 4.69) is 5.10 Å². The van der Waals surface area contributed by atoms with Crippen LogP contribution in [-0.4, -0.2) is 39.2 Å². The number of aryl methyl sites for hydroxylation is 1. The number of aromatic nitrogens is 2. The van der Waals surface area contributed by atoms with Crippen LogP contribution >= 0.6 is 23.8 Å². The first kappa shape index (κ1) is 14.9. The van der Waals surface area contributed by atoms with Crippen molar-refractivity contribution in [1.29, 1.82) is 0 Å². The lowest BCUT2D eigenvalue weighted by Crippen LogP contribution is -2.33. The molecule has 1 aromatic rings. The van der Waals surface area contributed by atoms with Gasteiger partial charge in [-0.3, -0.25) is 9.48 Å². The molecule has 0 aliphatic rings. The van der Waals surface area contributed by atoms with Crippen LogP contribution in [-0.2, 0) is 11.3 Å². The third kappa shape index (κ3) is 3.68. The minimum Gasteiger partial charge on any atom is -0.393 e. The predicted octanol–water partition coefficient (Wildman–Crippen LogP) is 1.29. The van der Waals surface area contributed by atoms with E-state index in [0.717, 1.165) is 11.4 Å². The second-order valence-electron chi connectivity index (χ2n) is 4.17. The van der Waals surface area contributed by atoms with Gasteiger partial charge in [-0.05, 0) is 13.8 Å². The van der Waals surface area contributed by atoms with Crippen molar-refractivity contribution >= 4 is 34.7 Å². The highest BCUT2D eigenvalue weighted by Gasteiger charge is 2.14. The molecule has 18 heavy (non-hydrogen) atoms. The first-order valence-corrected chi connectivity index (χ1v) is 6.33. The number of hydrogen-bond acceptors (Lipinski definition) is 3. The summed E-state index contributed by atoms with van der Waals surface area (Å²) in [4.78, 5) is 13.9. The predicted molar refractivity (Wildman–Crippen MR) is 75.8 cm³/mol. The average Bonchev–Trinajstić information content (AvgIpc) is 2.53. The number of carbonyl (C=O) groups is 1. The summed E-state index contributed by atoms with van der Waals surface area (Å²) in [6.07, 6.45) is 0.523. The van der Waals surface area contributed by atoms with E-state index < -0.39 is 0 Å². The van der Waals surface area contributed by atoms with Crippen LogP contribution in [0, 0.1) is 13.8 Å². The molecule has 0 aliphatic carbocycles. The van der Waals surface area contributed by atoms with Crippen molar-refractivity contribution in [2.45, 2.75) is 26.8 Å². The van der Waals surface area contributed by atoms with Crippen molar-refractivity contribution in [3.63, 3.8) is 0 Å². The molecule has 1 aromatic heterocycles. The first-order valence-electron chi connectivity index (χ1n) is 5.54. The Balaban J connectivity index is 2.64. The highest BCUT2D eigenvalue weighted by molar-refractivity contribution is 7.80. The maximum absolute atomic E-state index is 11.9. The minimum absolute atomic E-state index is 0.0477. The molecule has 2 N–H and O–H groups in total. The summed E-state index contributed by atoms with van der Waals surface area (Å²) in [5.74, 6) is -0.0477. The summed E-state index contributed by atoms with van der Waals surface area (Å²) < 4.78 is 1.61. The molecule has 0 aliphatic heterocycles. The second-order valence-corrected chi connectivity index (χ2v) is 5.08. The van der Waals surface area contributed by atoms with Gasteiger partial charge in [0.1, 0.15) is 6.54 Å². The van der Waals surface area contributed by atoms with E-state index in [1.54, 1.807) is 16.6 Å². The van der Waals surface area contributed by atoms with Gasteiger partial charge in [-0.1, -0.05) is 23.8 Å². The van der Waals surface area contributed by atoms with E-state index >= 15 is 0 Å². The summed E-state index contributed by atoms with van der Waals surface area (Å²) in [6, 6.07) is 0. The largest absolute Gasteiger partial charge is 0.393 e. The van der Waals surface area contributed by atoms with Gasteiger partial charge in [-0.2, -0.15) is 5.10 Å². The van der Waals surface area contributed by atoms with Crippen LogP contribution in [0.5, 0.6) is 0 Å². The molecule has 0 unspecified atom stereocenters. The first-order chi connectivity index (χ1) is 8.32. The standard InChI is InChI=1S/C11H17ClN4OS/c1-7-11(12)8(2)16(14-7)6-10(17)15(3)5-4-9(13)18/h4-6H2,1-3H3,(H2,13,18). The van der Waals surface area contributed by atoms with Crippen molar-refractivity contribution in [1.82, 2.24) is 14.7 Å². The fraction of sp³-hybridized carbons (Fsp3) is 0.545. The Labute approximate surface area is 117 Å². The maximum atomic E-state index is 11.9. The molecule has 1 rings (SSSR count). The van der Waals surface area contributed by atoms with E-state index in [4.69, 9.17) is 29.6 Å². The summed E-state index contributed by atoms with van der Waals surface area (Å²) in [6.45, 7) is 4.34. The molecule has 0 aromatic carbocycles. The minimum atomic E-state index is -0.0477. The zero-order chi connectivity index (χ0) is 13.9. The monoisotopic (exact) mass is 288 g/mol. The van der Waals surface area contributed by atoms with E-state index in [9.17, 15) is 4.79 Å². The Morgan fingerprint density at radius 2 is 2.17 bits per heavy atom. The lowest BCUT2D eigenvalue weighted by Gasteiger charge is -2.17. The molecule has 0 radical (unpaired) electrons. The quantitative estimate of drug-likeness (QED) is 0.829. The van der Waals surface area contributed by atoms with Gasteiger partial charge in [-0.25, -0.2) is 0 Å². The van der Waals surface area contributed by atoms with E-state index in [1.807, 2.05) is 13.8 Å². The highest BCUT2D eigenvalue weighted by Crippen LogP contribution is 2.18. The number of amides is 1.